The Labute approximate surface area is 177 Å². The van der Waals surface area contributed by atoms with Crippen LogP contribution in [0, 0.1) is 0 Å². The first kappa shape index (κ1) is 19.5. The van der Waals surface area contributed by atoms with E-state index in [4.69, 9.17) is 11.6 Å². The molecule has 0 bridgehead atoms. The van der Waals surface area contributed by atoms with Gasteiger partial charge < -0.3 is 24.7 Å². The highest BCUT2D eigenvalue weighted by Gasteiger charge is 2.37. The number of anilines is 2. The summed E-state index contributed by atoms with van der Waals surface area (Å²) in [5.41, 5.74) is 3.08. The predicted octanol–water partition coefficient (Wildman–Crippen LogP) is 3.20. The van der Waals surface area contributed by atoms with Gasteiger partial charge in [-0.2, -0.15) is 0 Å². The van der Waals surface area contributed by atoms with Crippen molar-refractivity contribution in [3.8, 4) is 0 Å². The molecule has 0 aliphatic carbocycles. The van der Waals surface area contributed by atoms with Crippen LogP contribution in [0.2, 0.25) is 5.02 Å². The number of fused-ring (bicyclic) bond motifs is 5. The average Bonchev–Trinajstić information content (AvgIpc) is 2.66. The van der Waals surface area contributed by atoms with E-state index in [1.807, 2.05) is 18.3 Å². The van der Waals surface area contributed by atoms with Gasteiger partial charge in [-0.3, -0.25) is 4.98 Å². The molecule has 3 heterocycles. The van der Waals surface area contributed by atoms with Gasteiger partial charge in [0.15, 0.2) is 0 Å². The molecule has 0 spiro atoms. The van der Waals surface area contributed by atoms with Crippen LogP contribution in [0.25, 0.3) is 10.9 Å². The Morgan fingerprint density at radius 2 is 2.14 bits per heavy atom. The second-order valence-corrected chi connectivity index (χ2v) is 8.86. The Bertz CT molecular complexity index is 925. The first-order valence-electron chi connectivity index (χ1n) is 9.27. The first-order valence-corrected chi connectivity index (χ1v) is 10.4. The summed E-state index contributed by atoms with van der Waals surface area (Å²) in [4.78, 5) is 24.5. The fraction of sp³-hybridized carbons (Fsp3) is 0.474. The van der Waals surface area contributed by atoms with Gasteiger partial charge in [0, 0.05) is 49.1 Å². The summed E-state index contributed by atoms with van der Waals surface area (Å²) >= 11 is 9.89. The molecule has 1 fully saturated rings. The molecule has 1 aromatic heterocycles. The Hall–Kier alpha value is -1.77. The largest absolute Gasteiger partial charge is 0.465 e. The van der Waals surface area contributed by atoms with Crippen molar-refractivity contribution in [2.45, 2.75) is 6.04 Å². The number of pyridine rings is 1. The third kappa shape index (κ3) is 3.49. The topological polar surface area (TPSA) is 63.1 Å². The summed E-state index contributed by atoms with van der Waals surface area (Å²) < 4.78 is 0.821. The lowest BCUT2D eigenvalue weighted by molar-refractivity contribution is 0.134. The van der Waals surface area contributed by atoms with E-state index in [1.54, 1.807) is 0 Å². The van der Waals surface area contributed by atoms with E-state index in [-0.39, 0.29) is 6.04 Å². The zero-order valence-corrected chi connectivity index (χ0v) is 18.2. The molecule has 2 aliphatic rings. The Kier molecular flexibility index (Phi) is 5.28. The van der Waals surface area contributed by atoms with Crippen molar-refractivity contribution >= 4 is 55.9 Å². The van der Waals surface area contributed by atoms with E-state index in [1.165, 1.54) is 4.90 Å². The molecule has 2 aliphatic heterocycles. The molecule has 0 saturated carbocycles. The number of aromatic nitrogens is 1. The number of piperazine rings is 1. The van der Waals surface area contributed by atoms with E-state index in [2.05, 4.69) is 49.7 Å². The zero-order chi connectivity index (χ0) is 20.0. The van der Waals surface area contributed by atoms with Crippen molar-refractivity contribution in [2.24, 2.45) is 0 Å². The summed E-state index contributed by atoms with van der Waals surface area (Å²) in [6.07, 6.45) is 1.09. The van der Waals surface area contributed by atoms with Gasteiger partial charge >= 0.3 is 6.09 Å². The van der Waals surface area contributed by atoms with Gasteiger partial charge in [0.2, 0.25) is 0 Å². The van der Waals surface area contributed by atoms with Crippen LogP contribution >= 0.6 is 27.5 Å². The Balaban J connectivity index is 1.82. The molecule has 1 saturated heterocycles. The summed E-state index contributed by atoms with van der Waals surface area (Å²) in [5.74, 6) is 0. The van der Waals surface area contributed by atoms with Crippen LogP contribution in [0.15, 0.2) is 22.8 Å². The van der Waals surface area contributed by atoms with Crippen LogP contribution in [0.5, 0.6) is 0 Å². The van der Waals surface area contributed by atoms with Crippen molar-refractivity contribution in [1.29, 1.82) is 0 Å². The molecule has 1 aromatic carbocycles. The van der Waals surface area contributed by atoms with Crippen molar-refractivity contribution < 1.29 is 9.90 Å². The molecular formula is C19H23BrClN5O2. The van der Waals surface area contributed by atoms with Crippen LogP contribution in [0.3, 0.4) is 0 Å². The van der Waals surface area contributed by atoms with Gasteiger partial charge in [-0.15, -0.1) is 0 Å². The number of halogens is 2. The number of likely N-dealkylation sites (N-methyl/N-ethyl adjacent to an activating group) is 1. The summed E-state index contributed by atoms with van der Waals surface area (Å²) in [6, 6.07) is 4.01. The molecule has 1 amide bonds. The van der Waals surface area contributed by atoms with Crippen molar-refractivity contribution in [3.63, 3.8) is 0 Å². The van der Waals surface area contributed by atoms with Crippen LogP contribution < -0.4 is 9.80 Å². The monoisotopic (exact) mass is 467 g/mol. The van der Waals surface area contributed by atoms with E-state index in [0.717, 1.165) is 46.4 Å². The average molecular weight is 469 g/mol. The molecule has 4 rings (SSSR count). The Morgan fingerprint density at radius 3 is 2.86 bits per heavy atom. The lowest BCUT2D eigenvalue weighted by Crippen LogP contribution is -2.61. The van der Waals surface area contributed by atoms with Crippen molar-refractivity contribution in [1.82, 2.24) is 14.8 Å². The molecule has 1 N–H and O–H groups in total. The molecule has 150 valence electrons. The normalized spacial score (nSPS) is 19.2. The highest BCUT2D eigenvalue weighted by atomic mass is 79.9. The van der Waals surface area contributed by atoms with Gasteiger partial charge in [0.1, 0.15) is 0 Å². The maximum Gasteiger partial charge on any atom is 0.407 e. The van der Waals surface area contributed by atoms with Gasteiger partial charge in [-0.25, -0.2) is 4.79 Å². The summed E-state index contributed by atoms with van der Waals surface area (Å²) in [6.45, 7) is 4.21. The number of rotatable bonds is 3. The van der Waals surface area contributed by atoms with Gasteiger partial charge in [-0.05, 0) is 42.2 Å². The molecule has 7 nitrogen and oxygen atoms in total. The number of amides is 1. The molecule has 0 unspecified atom stereocenters. The number of carboxylic acid groups (broad SMARTS) is 1. The van der Waals surface area contributed by atoms with E-state index in [9.17, 15) is 9.90 Å². The number of hydrogen-bond acceptors (Lipinski definition) is 5. The lowest BCUT2D eigenvalue weighted by atomic mass is 10.0. The third-order valence-electron chi connectivity index (χ3n) is 5.49. The van der Waals surface area contributed by atoms with E-state index >= 15 is 0 Å². The van der Waals surface area contributed by atoms with Crippen LogP contribution in [-0.4, -0.2) is 85.4 Å². The quantitative estimate of drug-likeness (QED) is 0.746. The summed E-state index contributed by atoms with van der Waals surface area (Å²) in [7, 11) is 4.11. The molecule has 2 aromatic rings. The SMILES string of the molecule is CN(C)CCN1C[C@H]2CN(C(=O)O)CCN2c2c1cnc1cc(Br)c(Cl)cc21. The minimum absolute atomic E-state index is 0.104. The third-order valence-corrected chi connectivity index (χ3v) is 6.69. The van der Waals surface area contributed by atoms with Gasteiger partial charge in [0.05, 0.1) is 34.2 Å². The molecule has 0 radical (unpaired) electrons. The number of benzene rings is 1. The minimum atomic E-state index is -0.850. The maximum atomic E-state index is 11.5. The second kappa shape index (κ2) is 7.57. The van der Waals surface area contributed by atoms with Crippen LogP contribution in [-0.2, 0) is 0 Å². The number of carbonyl (C=O) groups is 1. The molecular weight excluding hydrogens is 446 g/mol. The maximum absolute atomic E-state index is 11.5. The fourth-order valence-corrected chi connectivity index (χ4v) is 4.56. The van der Waals surface area contributed by atoms with E-state index in [0.29, 0.717) is 24.7 Å². The number of hydrogen-bond donors (Lipinski definition) is 1. The highest BCUT2D eigenvalue weighted by molar-refractivity contribution is 9.10. The molecule has 9 heteroatoms. The highest BCUT2D eigenvalue weighted by Crippen LogP contribution is 2.43. The van der Waals surface area contributed by atoms with Crippen molar-refractivity contribution in [2.75, 3.05) is 63.2 Å². The lowest BCUT2D eigenvalue weighted by Gasteiger charge is -2.49. The smallest absolute Gasteiger partial charge is 0.407 e. The molecule has 28 heavy (non-hydrogen) atoms. The predicted molar refractivity (Wildman–Crippen MR) is 116 cm³/mol. The van der Waals surface area contributed by atoms with Crippen molar-refractivity contribution in [3.05, 3.63) is 27.8 Å². The summed E-state index contributed by atoms with van der Waals surface area (Å²) in [5, 5.41) is 11.1. The standard InChI is InChI=1S/C19H23BrClN5O2/c1-23(2)3-4-24-10-12-11-25(19(27)28)5-6-26(12)18-13-7-15(21)14(20)8-16(13)22-9-17(18)24/h7-9,12H,3-6,10-11H2,1-2H3,(H,27,28)/t12-/m0/s1. The minimum Gasteiger partial charge on any atom is -0.465 e. The number of nitrogens with zero attached hydrogens (tertiary/aromatic N) is 5. The van der Waals surface area contributed by atoms with Gasteiger partial charge in [-0.1, -0.05) is 11.6 Å². The Morgan fingerprint density at radius 1 is 1.36 bits per heavy atom. The zero-order valence-electron chi connectivity index (χ0n) is 15.9. The molecule has 1 atom stereocenters. The first-order chi connectivity index (χ1) is 13.3. The second-order valence-electron chi connectivity index (χ2n) is 7.60. The van der Waals surface area contributed by atoms with E-state index < -0.39 is 6.09 Å². The van der Waals surface area contributed by atoms with Crippen LogP contribution in [0.1, 0.15) is 0 Å². The van der Waals surface area contributed by atoms with Gasteiger partial charge in [0.25, 0.3) is 0 Å². The fourth-order valence-electron chi connectivity index (χ4n) is 4.06. The van der Waals surface area contributed by atoms with Crippen LogP contribution in [0.4, 0.5) is 16.2 Å².